The fourth-order valence-corrected chi connectivity index (χ4v) is 3.18. The van der Waals surface area contributed by atoms with Gasteiger partial charge >= 0.3 is 0 Å². The second kappa shape index (κ2) is 7.74. The molecule has 1 aromatic carbocycles. The van der Waals surface area contributed by atoms with Crippen molar-refractivity contribution in [2.24, 2.45) is 7.05 Å². The van der Waals surface area contributed by atoms with Gasteiger partial charge in [0.1, 0.15) is 5.56 Å². The van der Waals surface area contributed by atoms with Gasteiger partial charge < -0.3 is 19.7 Å². The molecule has 1 saturated heterocycles. The van der Waals surface area contributed by atoms with Crippen LogP contribution in [0.2, 0.25) is 0 Å². The number of aromatic nitrogens is 1. The van der Waals surface area contributed by atoms with Crippen LogP contribution in [0.3, 0.4) is 0 Å². The SMILES string of the molecule is CCN1CCN(c2ccc(NC(=O)c3ccc(C)n(C)c3=O)cc2)CC1. The summed E-state index contributed by atoms with van der Waals surface area (Å²) in [5, 5.41) is 2.81. The van der Waals surface area contributed by atoms with Gasteiger partial charge in [-0.05, 0) is 49.9 Å². The molecule has 0 saturated carbocycles. The average molecular weight is 354 g/mol. The molecule has 0 radical (unpaired) electrons. The number of likely N-dealkylation sites (N-methyl/N-ethyl adjacent to an activating group) is 1. The maximum Gasteiger partial charge on any atom is 0.263 e. The van der Waals surface area contributed by atoms with E-state index in [9.17, 15) is 9.59 Å². The fourth-order valence-electron chi connectivity index (χ4n) is 3.18. The van der Waals surface area contributed by atoms with Crippen molar-refractivity contribution >= 4 is 17.3 Å². The molecule has 138 valence electrons. The first-order valence-electron chi connectivity index (χ1n) is 9.05. The number of pyridine rings is 1. The number of rotatable bonds is 4. The number of hydrogen-bond acceptors (Lipinski definition) is 4. The normalized spacial score (nSPS) is 15.1. The lowest BCUT2D eigenvalue weighted by atomic mass is 10.2. The van der Waals surface area contributed by atoms with Gasteiger partial charge in [-0.25, -0.2) is 0 Å². The Morgan fingerprint density at radius 2 is 1.69 bits per heavy atom. The summed E-state index contributed by atoms with van der Waals surface area (Å²) in [5.74, 6) is -0.380. The molecule has 0 aliphatic carbocycles. The van der Waals surface area contributed by atoms with Crippen LogP contribution in [0.1, 0.15) is 23.0 Å². The Kier molecular flexibility index (Phi) is 5.42. The number of hydrogen-bond donors (Lipinski definition) is 1. The number of anilines is 2. The van der Waals surface area contributed by atoms with E-state index in [0.717, 1.165) is 44.1 Å². The van der Waals surface area contributed by atoms with Gasteiger partial charge in [-0.3, -0.25) is 9.59 Å². The van der Waals surface area contributed by atoms with Crippen molar-refractivity contribution in [3.05, 3.63) is 58.0 Å². The monoisotopic (exact) mass is 354 g/mol. The summed E-state index contributed by atoms with van der Waals surface area (Å²) in [6.07, 6.45) is 0. The predicted octanol–water partition coefficient (Wildman–Crippen LogP) is 2.09. The number of nitrogens with zero attached hydrogens (tertiary/aromatic N) is 3. The third-order valence-electron chi connectivity index (χ3n) is 5.11. The molecule has 3 rings (SSSR count). The molecule has 2 heterocycles. The molecule has 26 heavy (non-hydrogen) atoms. The highest BCUT2D eigenvalue weighted by Crippen LogP contribution is 2.19. The molecule has 0 bridgehead atoms. The minimum Gasteiger partial charge on any atom is -0.369 e. The van der Waals surface area contributed by atoms with Gasteiger partial charge in [-0.2, -0.15) is 0 Å². The van der Waals surface area contributed by atoms with E-state index in [2.05, 4.69) is 22.0 Å². The van der Waals surface area contributed by atoms with E-state index in [1.54, 1.807) is 19.2 Å². The van der Waals surface area contributed by atoms with Crippen LogP contribution in [-0.2, 0) is 7.05 Å². The van der Waals surface area contributed by atoms with Crippen LogP contribution in [0.4, 0.5) is 11.4 Å². The van der Waals surface area contributed by atoms with E-state index in [1.807, 2.05) is 31.2 Å². The van der Waals surface area contributed by atoms with E-state index >= 15 is 0 Å². The Bertz CT molecular complexity index is 834. The lowest BCUT2D eigenvalue weighted by Crippen LogP contribution is -2.46. The summed E-state index contributed by atoms with van der Waals surface area (Å²) < 4.78 is 1.48. The van der Waals surface area contributed by atoms with Crippen molar-refractivity contribution < 1.29 is 4.79 Å². The van der Waals surface area contributed by atoms with Gasteiger partial charge in [-0.15, -0.1) is 0 Å². The van der Waals surface area contributed by atoms with Crippen LogP contribution < -0.4 is 15.8 Å². The Morgan fingerprint density at radius 1 is 1.04 bits per heavy atom. The molecule has 0 spiro atoms. The lowest BCUT2D eigenvalue weighted by Gasteiger charge is -2.35. The van der Waals surface area contributed by atoms with E-state index in [1.165, 1.54) is 4.57 Å². The van der Waals surface area contributed by atoms with Crippen molar-refractivity contribution in [2.45, 2.75) is 13.8 Å². The number of carbonyl (C=O) groups is 1. The molecule has 1 fully saturated rings. The zero-order chi connectivity index (χ0) is 18.7. The van der Waals surface area contributed by atoms with E-state index in [-0.39, 0.29) is 17.0 Å². The molecule has 0 unspecified atom stereocenters. The summed E-state index contributed by atoms with van der Waals surface area (Å²) in [6.45, 7) is 9.29. The third-order valence-corrected chi connectivity index (χ3v) is 5.11. The molecule has 0 atom stereocenters. The second-order valence-corrected chi connectivity index (χ2v) is 6.67. The second-order valence-electron chi connectivity index (χ2n) is 6.67. The zero-order valence-electron chi connectivity index (χ0n) is 15.7. The molecule has 1 N–H and O–H groups in total. The molecular formula is C20H26N4O2. The highest BCUT2D eigenvalue weighted by Gasteiger charge is 2.16. The topological polar surface area (TPSA) is 57.6 Å². The van der Waals surface area contributed by atoms with Crippen molar-refractivity contribution in [2.75, 3.05) is 42.9 Å². The molecule has 2 aromatic rings. The van der Waals surface area contributed by atoms with Gasteiger partial charge in [-0.1, -0.05) is 6.92 Å². The molecule has 6 heteroatoms. The number of nitrogens with one attached hydrogen (secondary N) is 1. The quantitative estimate of drug-likeness (QED) is 0.913. The van der Waals surface area contributed by atoms with Crippen molar-refractivity contribution in [1.82, 2.24) is 9.47 Å². The first-order valence-corrected chi connectivity index (χ1v) is 9.05. The van der Waals surface area contributed by atoms with Crippen LogP contribution in [-0.4, -0.2) is 48.1 Å². The maximum atomic E-state index is 12.4. The largest absolute Gasteiger partial charge is 0.369 e. The lowest BCUT2D eigenvalue weighted by molar-refractivity contribution is 0.102. The van der Waals surface area contributed by atoms with Gasteiger partial charge in [0, 0.05) is 50.3 Å². The van der Waals surface area contributed by atoms with Crippen LogP contribution in [0.5, 0.6) is 0 Å². The fraction of sp³-hybridized carbons (Fsp3) is 0.400. The van der Waals surface area contributed by atoms with Crippen LogP contribution in [0.15, 0.2) is 41.2 Å². The number of benzene rings is 1. The standard InChI is InChI=1S/C20H26N4O2/c1-4-23-11-13-24(14-12-23)17-8-6-16(7-9-17)21-19(25)18-10-5-15(2)22(3)20(18)26/h5-10H,4,11-14H2,1-3H3,(H,21,25). The number of carbonyl (C=O) groups excluding carboxylic acids is 1. The molecule has 1 aliphatic rings. The zero-order valence-corrected chi connectivity index (χ0v) is 15.7. The maximum absolute atomic E-state index is 12.4. The summed E-state index contributed by atoms with van der Waals surface area (Å²) in [7, 11) is 1.67. The summed E-state index contributed by atoms with van der Waals surface area (Å²) >= 11 is 0. The third kappa shape index (κ3) is 3.80. The Morgan fingerprint density at radius 3 is 2.31 bits per heavy atom. The highest BCUT2D eigenvalue weighted by atomic mass is 16.2. The number of amides is 1. The molecule has 1 aromatic heterocycles. The van der Waals surface area contributed by atoms with Crippen LogP contribution in [0, 0.1) is 6.92 Å². The van der Waals surface area contributed by atoms with E-state index < -0.39 is 0 Å². The molecule has 6 nitrogen and oxygen atoms in total. The summed E-state index contributed by atoms with van der Waals surface area (Å²) in [6, 6.07) is 11.2. The number of aryl methyl sites for hydroxylation is 1. The molecule has 1 aliphatic heterocycles. The van der Waals surface area contributed by atoms with Gasteiger partial charge in [0.2, 0.25) is 0 Å². The summed E-state index contributed by atoms with van der Waals surface area (Å²) in [5.41, 5.74) is 2.53. The Hall–Kier alpha value is -2.60. The van der Waals surface area contributed by atoms with Crippen LogP contribution in [0.25, 0.3) is 0 Å². The highest BCUT2D eigenvalue weighted by molar-refractivity contribution is 6.04. The summed E-state index contributed by atoms with van der Waals surface area (Å²) in [4.78, 5) is 29.4. The van der Waals surface area contributed by atoms with Crippen LogP contribution >= 0.6 is 0 Å². The smallest absolute Gasteiger partial charge is 0.263 e. The molecule has 1 amide bonds. The molecular weight excluding hydrogens is 328 g/mol. The first kappa shape index (κ1) is 18.2. The van der Waals surface area contributed by atoms with Gasteiger partial charge in [0.15, 0.2) is 0 Å². The van der Waals surface area contributed by atoms with Gasteiger partial charge in [0.25, 0.3) is 11.5 Å². The predicted molar refractivity (Wildman–Crippen MR) is 105 cm³/mol. The Labute approximate surface area is 154 Å². The number of piperazine rings is 1. The van der Waals surface area contributed by atoms with Gasteiger partial charge in [0.05, 0.1) is 0 Å². The van der Waals surface area contributed by atoms with Crippen molar-refractivity contribution in [3.63, 3.8) is 0 Å². The Balaban J connectivity index is 1.67. The van der Waals surface area contributed by atoms with E-state index in [0.29, 0.717) is 5.69 Å². The first-order chi connectivity index (χ1) is 12.5. The van der Waals surface area contributed by atoms with E-state index in [4.69, 9.17) is 0 Å². The average Bonchev–Trinajstić information content (AvgIpc) is 2.67. The minimum absolute atomic E-state index is 0.151. The van der Waals surface area contributed by atoms with Crippen molar-refractivity contribution in [1.29, 1.82) is 0 Å². The van der Waals surface area contributed by atoms with Crippen molar-refractivity contribution in [3.8, 4) is 0 Å². The minimum atomic E-state index is -0.380.